The normalized spacial score (nSPS) is 17.3. The number of hydrogen-bond acceptors (Lipinski definition) is 5. The molecule has 1 fully saturated rings. The maximum absolute atomic E-state index is 12.6. The van der Waals surface area contributed by atoms with Crippen molar-refractivity contribution in [3.05, 3.63) is 30.1 Å². The summed E-state index contributed by atoms with van der Waals surface area (Å²) in [7, 11) is 0. The van der Waals surface area contributed by atoms with Crippen molar-refractivity contribution in [2.75, 3.05) is 32.7 Å². The molecule has 0 aromatic carbocycles. The van der Waals surface area contributed by atoms with Crippen LogP contribution in [0.5, 0.6) is 0 Å². The van der Waals surface area contributed by atoms with E-state index in [0.717, 1.165) is 31.0 Å². The molecule has 1 aromatic heterocycles. The molecule has 0 saturated carbocycles. The van der Waals surface area contributed by atoms with Gasteiger partial charge in [-0.2, -0.15) is 0 Å². The lowest BCUT2D eigenvalue weighted by Crippen LogP contribution is -2.40. The van der Waals surface area contributed by atoms with Crippen LogP contribution in [0.15, 0.2) is 29.5 Å². The number of amides is 1. The van der Waals surface area contributed by atoms with Crippen molar-refractivity contribution in [2.24, 2.45) is 4.99 Å². The molecule has 0 unspecified atom stereocenters. The van der Waals surface area contributed by atoms with Gasteiger partial charge >= 0.3 is 6.09 Å². The first-order valence-corrected chi connectivity index (χ1v) is 10.4. The fourth-order valence-electron chi connectivity index (χ4n) is 3.08. The molecule has 1 saturated heterocycles. The molecular weight excluding hydrogens is 370 g/mol. The molecule has 8 nitrogen and oxygen atoms in total. The molecule has 0 spiro atoms. The quantitative estimate of drug-likeness (QED) is 0.411. The molecule has 1 atom stereocenters. The van der Waals surface area contributed by atoms with Crippen molar-refractivity contribution in [2.45, 2.75) is 58.8 Å². The zero-order valence-corrected chi connectivity index (χ0v) is 18.1. The van der Waals surface area contributed by atoms with Crippen LogP contribution in [0.2, 0.25) is 0 Å². The van der Waals surface area contributed by atoms with Crippen molar-refractivity contribution in [1.29, 1.82) is 0 Å². The molecule has 2 heterocycles. The molecule has 0 radical (unpaired) electrons. The summed E-state index contributed by atoms with van der Waals surface area (Å²) in [5.74, 6) is 0.820. The third-order valence-corrected chi connectivity index (χ3v) is 4.39. The van der Waals surface area contributed by atoms with E-state index in [0.29, 0.717) is 32.6 Å². The Kier molecular flexibility index (Phi) is 8.70. The molecule has 1 amide bonds. The third-order valence-electron chi connectivity index (χ3n) is 4.39. The predicted molar refractivity (Wildman–Crippen MR) is 114 cm³/mol. The van der Waals surface area contributed by atoms with Gasteiger partial charge in [0.05, 0.1) is 12.6 Å². The Balaban J connectivity index is 1.95. The number of hydrogen-bond donors (Lipinski definition) is 2. The number of carbonyl (C=O) groups excluding carboxylic acids is 1. The van der Waals surface area contributed by atoms with Gasteiger partial charge in [0.25, 0.3) is 0 Å². The summed E-state index contributed by atoms with van der Waals surface area (Å²) in [6, 6.07) is 3.81. The van der Waals surface area contributed by atoms with E-state index in [4.69, 9.17) is 4.74 Å². The van der Waals surface area contributed by atoms with Crippen molar-refractivity contribution in [3.63, 3.8) is 0 Å². The highest BCUT2D eigenvalue weighted by Crippen LogP contribution is 2.13. The molecule has 1 aliphatic rings. The second kappa shape index (κ2) is 11.0. The van der Waals surface area contributed by atoms with Gasteiger partial charge in [-0.25, -0.2) is 4.79 Å². The van der Waals surface area contributed by atoms with Crippen molar-refractivity contribution in [1.82, 2.24) is 20.1 Å². The number of aliphatic imine (C=N–C) groups is 1. The molecule has 0 aliphatic carbocycles. The minimum Gasteiger partial charge on any atom is -0.444 e. The Bertz CT molecular complexity index is 660. The van der Waals surface area contributed by atoms with Crippen LogP contribution in [0.1, 0.15) is 46.1 Å². The fourth-order valence-corrected chi connectivity index (χ4v) is 3.08. The number of nitrogens with zero attached hydrogens (tertiary/aromatic N) is 4. The second-order valence-corrected chi connectivity index (χ2v) is 8.24. The summed E-state index contributed by atoms with van der Waals surface area (Å²) in [6.45, 7) is 11.4. The lowest BCUT2D eigenvalue weighted by atomic mass is 10.2. The number of aromatic nitrogens is 1. The molecule has 2 N–H and O–H groups in total. The van der Waals surface area contributed by atoms with Gasteiger partial charge in [-0.15, -0.1) is 0 Å². The van der Waals surface area contributed by atoms with Crippen LogP contribution < -0.4 is 5.32 Å². The Morgan fingerprint density at radius 3 is 2.86 bits per heavy atom. The van der Waals surface area contributed by atoms with E-state index < -0.39 is 5.60 Å². The maximum Gasteiger partial charge on any atom is 0.410 e. The number of aliphatic hydroxyl groups is 1. The zero-order chi connectivity index (χ0) is 21.3. The number of β-amino-alcohol motifs (C(OH)–C–C–N with tert-alkyl or cyclic N) is 1. The molecule has 29 heavy (non-hydrogen) atoms. The van der Waals surface area contributed by atoms with Crippen LogP contribution in [0.4, 0.5) is 4.79 Å². The highest BCUT2D eigenvalue weighted by Gasteiger charge is 2.24. The first kappa shape index (κ1) is 22.9. The topological polar surface area (TPSA) is 90.3 Å². The van der Waals surface area contributed by atoms with E-state index in [1.54, 1.807) is 17.3 Å². The number of aliphatic hydroxyl groups excluding tert-OH is 1. The van der Waals surface area contributed by atoms with E-state index in [-0.39, 0.29) is 12.2 Å². The first-order valence-electron chi connectivity index (χ1n) is 10.4. The number of carbonyl (C=O) groups is 1. The highest BCUT2D eigenvalue weighted by atomic mass is 16.6. The predicted octanol–water partition coefficient (Wildman–Crippen LogP) is 2.24. The zero-order valence-electron chi connectivity index (χ0n) is 18.1. The van der Waals surface area contributed by atoms with E-state index in [9.17, 15) is 9.90 Å². The lowest BCUT2D eigenvalue weighted by Gasteiger charge is -2.27. The second-order valence-electron chi connectivity index (χ2n) is 8.24. The molecule has 0 bridgehead atoms. The van der Waals surface area contributed by atoms with E-state index in [2.05, 4.69) is 20.2 Å². The van der Waals surface area contributed by atoms with Gasteiger partial charge in [0, 0.05) is 45.1 Å². The number of ether oxygens (including phenoxy) is 1. The van der Waals surface area contributed by atoms with Crippen LogP contribution in [-0.4, -0.2) is 76.4 Å². The summed E-state index contributed by atoms with van der Waals surface area (Å²) < 4.78 is 5.56. The summed E-state index contributed by atoms with van der Waals surface area (Å²) in [5.41, 5.74) is 0.415. The number of nitrogens with one attached hydrogen (secondary N) is 1. The van der Waals surface area contributed by atoms with Gasteiger partial charge in [0.15, 0.2) is 5.96 Å². The number of guanidine groups is 1. The molecule has 2 rings (SSSR count). The van der Waals surface area contributed by atoms with E-state index in [1.807, 2.05) is 39.8 Å². The molecule has 1 aromatic rings. The minimum atomic E-state index is -0.544. The number of likely N-dealkylation sites (tertiary alicyclic amines) is 1. The van der Waals surface area contributed by atoms with E-state index in [1.165, 1.54) is 0 Å². The third kappa shape index (κ3) is 8.27. The van der Waals surface area contributed by atoms with Crippen molar-refractivity contribution >= 4 is 12.1 Å². The lowest BCUT2D eigenvalue weighted by molar-refractivity contribution is 0.0232. The van der Waals surface area contributed by atoms with Crippen LogP contribution in [0.25, 0.3) is 0 Å². The average Bonchev–Trinajstić information content (AvgIpc) is 3.09. The van der Waals surface area contributed by atoms with Gasteiger partial charge in [-0.3, -0.25) is 9.98 Å². The van der Waals surface area contributed by atoms with Gasteiger partial charge < -0.3 is 25.0 Å². The molecule has 162 valence electrons. The fraction of sp³-hybridized carbons (Fsp3) is 0.667. The van der Waals surface area contributed by atoms with Crippen molar-refractivity contribution < 1.29 is 14.6 Å². The van der Waals surface area contributed by atoms with Gasteiger partial charge in [-0.1, -0.05) is 6.07 Å². The summed E-state index contributed by atoms with van der Waals surface area (Å²) in [4.78, 5) is 25.2. The Morgan fingerprint density at radius 2 is 2.28 bits per heavy atom. The molecule has 8 heteroatoms. The van der Waals surface area contributed by atoms with Gasteiger partial charge in [0.1, 0.15) is 5.60 Å². The first-order chi connectivity index (χ1) is 13.8. The molecule has 1 aliphatic heterocycles. The van der Waals surface area contributed by atoms with Crippen LogP contribution in [0.3, 0.4) is 0 Å². The Labute approximate surface area is 174 Å². The standard InChI is InChI=1S/C21H35N5O3/c1-5-23-19(25-13-9-18(27)16-25)24-11-7-12-26(20(28)29-21(2,3)4)15-17-8-6-10-22-14-17/h6,8,10,14,18,27H,5,7,9,11-13,15-16H2,1-4H3,(H,23,24)/t18-/m1/s1. The smallest absolute Gasteiger partial charge is 0.410 e. The van der Waals surface area contributed by atoms with Gasteiger partial charge in [-0.05, 0) is 52.2 Å². The Hall–Kier alpha value is -2.35. The monoisotopic (exact) mass is 405 g/mol. The van der Waals surface area contributed by atoms with Crippen molar-refractivity contribution in [3.8, 4) is 0 Å². The minimum absolute atomic E-state index is 0.291. The Morgan fingerprint density at radius 1 is 1.48 bits per heavy atom. The average molecular weight is 406 g/mol. The molecular formula is C21H35N5O3. The highest BCUT2D eigenvalue weighted by molar-refractivity contribution is 5.80. The summed E-state index contributed by atoms with van der Waals surface area (Å²) in [5, 5.41) is 13.0. The number of rotatable bonds is 7. The van der Waals surface area contributed by atoms with Crippen LogP contribution in [0, 0.1) is 0 Å². The largest absolute Gasteiger partial charge is 0.444 e. The summed E-state index contributed by atoms with van der Waals surface area (Å²) >= 11 is 0. The summed E-state index contributed by atoms with van der Waals surface area (Å²) in [6.07, 6.45) is 4.33. The SMILES string of the molecule is CCNC(=NCCCN(Cc1cccnc1)C(=O)OC(C)(C)C)N1CC[C@@H](O)C1. The van der Waals surface area contributed by atoms with Crippen LogP contribution in [-0.2, 0) is 11.3 Å². The maximum atomic E-state index is 12.6. The van der Waals surface area contributed by atoms with Crippen LogP contribution >= 0.6 is 0 Å². The van der Waals surface area contributed by atoms with Gasteiger partial charge in [0.2, 0.25) is 0 Å². The number of pyridine rings is 1. The van der Waals surface area contributed by atoms with E-state index >= 15 is 0 Å².